The molecule has 4 heteroatoms. The third-order valence-electron chi connectivity index (χ3n) is 5.69. The van der Waals surface area contributed by atoms with Gasteiger partial charge in [0.15, 0.2) is 0 Å². The molecular weight excluding hydrogens is 366 g/mol. The molecule has 3 nitrogen and oxygen atoms in total. The van der Waals surface area contributed by atoms with Crippen molar-refractivity contribution in [3.05, 3.63) is 95.1 Å². The van der Waals surface area contributed by atoms with Crippen molar-refractivity contribution in [3.8, 4) is 0 Å². The lowest BCUT2D eigenvalue weighted by atomic mass is 9.84. The molecule has 0 spiro atoms. The molecular formula is C24H25NO2S. The summed E-state index contributed by atoms with van der Waals surface area (Å²) in [6.45, 7) is 6.20. The Morgan fingerprint density at radius 3 is 2.11 bits per heavy atom. The van der Waals surface area contributed by atoms with Crippen LogP contribution in [0.2, 0.25) is 0 Å². The molecule has 0 bridgehead atoms. The van der Waals surface area contributed by atoms with Crippen molar-refractivity contribution in [3.63, 3.8) is 0 Å². The van der Waals surface area contributed by atoms with Crippen molar-refractivity contribution in [2.75, 3.05) is 4.31 Å². The molecule has 2 atom stereocenters. The molecule has 4 rings (SSSR count). The van der Waals surface area contributed by atoms with Crippen LogP contribution in [0.3, 0.4) is 0 Å². The maximum absolute atomic E-state index is 13.8. The normalized spacial score (nSPS) is 19.3. The predicted octanol–water partition coefficient (Wildman–Crippen LogP) is 5.75. The summed E-state index contributed by atoms with van der Waals surface area (Å²) in [5, 5.41) is 0. The van der Waals surface area contributed by atoms with Gasteiger partial charge >= 0.3 is 0 Å². The van der Waals surface area contributed by atoms with E-state index < -0.39 is 10.0 Å². The zero-order chi connectivity index (χ0) is 19.9. The first-order valence-corrected chi connectivity index (χ1v) is 11.1. The van der Waals surface area contributed by atoms with E-state index in [1.807, 2.05) is 55.5 Å². The third kappa shape index (κ3) is 3.12. The Morgan fingerprint density at radius 1 is 0.821 bits per heavy atom. The molecule has 0 radical (unpaired) electrons. The number of anilines is 1. The molecule has 1 aliphatic rings. The lowest BCUT2D eigenvalue weighted by Gasteiger charge is -2.41. The van der Waals surface area contributed by atoms with Gasteiger partial charge in [0.25, 0.3) is 10.0 Å². The summed E-state index contributed by atoms with van der Waals surface area (Å²) in [4.78, 5) is 0.334. The van der Waals surface area contributed by atoms with Crippen LogP contribution in [0, 0.1) is 13.8 Å². The summed E-state index contributed by atoms with van der Waals surface area (Å²) in [5.74, 6) is 0.283. The number of aryl methyl sites for hydroxylation is 2. The zero-order valence-electron chi connectivity index (χ0n) is 16.5. The van der Waals surface area contributed by atoms with E-state index in [9.17, 15) is 8.42 Å². The zero-order valence-corrected chi connectivity index (χ0v) is 17.3. The maximum atomic E-state index is 13.8. The monoisotopic (exact) mass is 391 g/mol. The highest BCUT2D eigenvalue weighted by molar-refractivity contribution is 7.92. The third-order valence-corrected chi connectivity index (χ3v) is 7.53. The Kier molecular flexibility index (Phi) is 4.76. The van der Waals surface area contributed by atoms with Crippen molar-refractivity contribution < 1.29 is 8.42 Å². The van der Waals surface area contributed by atoms with E-state index in [1.165, 1.54) is 0 Å². The van der Waals surface area contributed by atoms with Gasteiger partial charge in [-0.25, -0.2) is 8.42 Å². The molecule has 3 aromatic carbocycles. The molecule has 1 aliphatic heterocycles. The number of fused-ring (bicyclic) bond motifs is 1. The molecule has 0 N–H and O–H groups in total. The van der Waals surface area contributed by atoms with Crippen LogP contribution in [0.4, 0.5) is 5.69 Å². The number of para-hydroxylation sites is 1. The highest BCUT2D eigenvalue weighted by atomic mass is 32.2. The molecule has 0 amide bonds. The minimum Gasteiger partial charge on any atom is -0.259 e. The van der Waals surface area contributed by atoms with Crippen LogP contribution in [0.25, 0.3) is 0 Å². The largest absolute Gasteiger partial charge is 0.264 e. The fourth-order valence-electron chi connectivity index (χ4n) is 4.17. The van der Waals surface area contributed by atoms with E-state index in [2.05, 4.69) is 26.0 Å². The van der Waals surface area contributed by atoms with Gasteiger partial charge in [0.1, 0.15) is 0 Å². The first-order chi connectivity index (χ1) is 13.4. The summed E-state index contributed by atoms with van der Waals surface area (Å²) in [5.41, 5.74) is 5.10. The van der Waals surface area contributed by atoms with Gasteiger partial charge in [-0.15, -0.1) is 0 Å². The SMILES string of the molecule is Cc1ccc(S(=O)(=O)N2c3ccccc3[C@H](C)C[C@@H]2c2ccccc2C)cc1. The number of nitrogens with zero attached hydrogens (tertiary/aromatic N) is 1. The van der Waals surface area contributed by atoms with E-state index in [0.29, 0.717) is 4.90 Å². The smallest absolute Gasteiger partial charge is 0.259 e. The molecule has 0 fully saturated rings. The highest BCUT2D eigenvalue weighted by Crippen LogP contribution is 2.47. The van der Waals surface area contributed by atoms with Gasteiger partial charge in [0, 0.05) is 0 Å². The van der Waals surface area contributed by atoms with Crippen molar-refractivity contribution in [2.24, 2.45) is 0 Å². The Hall–Kier alpha value is -2.59. The van der Waals surface area contributed by atoms with Crippen LogP contribution in [0.5, 0.6) is 0 Å². The van der Waals surface area contributed by atoms with Gasteiger partial charge in [-0.05, 0) is 61.1 Å². The molecule has 0 aliphatic carbocycles. The quantitative estimate of drug-likeness (QED) is 0.570. The summed E-state index contributed by atoms with van der Waals surface area (Å²) in [6.07, 6.45) is 0.757. The molecule has 0 aromatic heterocycles. The van der Waals surface area contributed by atoms with Gasteiger partial charge in [-0.3, -0.25) is 4.31 Å². The predicted molar refractivity (Wildman–Crippen MR) is 114 cm³/mol. The Morgan fingerprint density at radius 2 is 1.43 bits per heavy atom. The Labute approximate surface area is 167 Å². The molecule has 1 heterocycles. The van der Waals surface area contributed by atoms with E-state index in [1.54, 1.807) is 16.4 Å². The number of rotatable bonds is 3. The number of sulfonamides is 1. The van der Waals surface area contributed by atoms with Gasteiger partial charge < -0.3 is 0 Å². The molecule has 0 saturated heterocycles. The summed E-state index contributed by atoms with van der Waals surface area (Å²) >= 11 is 0. The Bertz CT molecular complexity index is 1100. The minimum atomic E-state index is -3.70. The fraction of sp³-hybridized carbons (Fsp3) is 0.250. The summed E-state index contributed by atoms with van der Waals surface area (Å²) < 4.78 is 29.2. The van der Waals surface area contributed by atoms with Crippen molar-refractivity contribution >= 4 is 15.7 Å². The van der Waals surface area contributed by atoms with Crippen LogP contribution >= 0.6 is 0 Å². The van der Waals surface area contributed by atoms with E-state index in [0.717, 1.165) is 34.4 Å². The number of hydrogen-bond donors (Lipinski definition) is 0. The minimum absolute atomic E-state index is 0.225. The maximum Gasteiger partial charge on any atom is 0.264 e. The lowest BCUT2D eigenvalue weighted by molar-refractivity contribution is 0.522. The second kappa shape index (κ2) is 7.10. The van der Waals surface area contributed by atoms with Crippen LogP contribution in [0.1, 0.15) is 47.6 Å². The van der Waals surface area contributed by atoms with Gasteiger partial charge in [0.2, 0.25) is 0 Å². The van der Waals surface area contributed by atoms with Crippen LogP contribution in [0.15, 0.2) is 77.7 Å². The van der Waals surface area contributed by atoms with Gasteiger partial charge in [-0.2, -0.15) is 0 Å². The van der Waals surface area contributed by atoms with E-state index >= 15 is 0 Å². The average molecular weight is 392 g/mol. The standard InChI is InChI=1S/C24H25NO2S/c1-17-12-14-20(15-13-17)28(26,27)25-23-11-7-6-10-22(23)19(3)16-24(25)21-9-5-4-8-18(21)2/h4-15,19,24H,16H2,1-3H3/t19-,24-/m1/s1. The number of hydrogen-bond acceptors (Lipinski definition) is 2. The van der Waals surface area contributed by atoms with Crippen molar-refractivity contribution in [1.29, 1.82) is 0 Å². The first kappa shape index (κ1) is 18.8. The molecule has 144 valence electrons. The first-order valence-electron chi connectivity index (χ1n) is 9.65. The molecule has 0 saturated carbocycles. The van der Waals surface area contributed by atoms with Crippen LogP contribution in [-0.4, -0.2) is 8.42 Å². The van der Waals surface area contributed by atoms with Gasteiger partial charge in [0.05, 0.1) is 16.6 Å². The van der Waals surface area contributed by atoms with E-state index in [4.69, 9.17) is 0 Å². The molecule has 0 unspecified atom stereocenters. The van der Waals surface area contributed by atoms with Gasteiger partial charge in [-0.1, -0.05) is 67.1 Å². The van der Waals surface area contributed by atoms with Crippen LogP contribution in [-0.2, 0) is 10.0 Å². The Balaban J connectivity index is 1.94. The second-order valence-electron chi connectivity index (χ2n) is 7.68. The average Bonchev–Trinajstić information content (AvgIpc) is 2.68. The second-order valence-corrected chi connectivity index (χ2v) is 9.50. The lowest BCUT2D eigenvalue weighted by Crippen LogP contribution is -2.39. The van der Waals surface area contributed by atoms with E-state index in [-0.39, 0.29) is 12.0 Å². The molecule has 28 heavy (non-hydrogen) atoms. The highest BCUT2D eigenvalue weighted by Gasteiger charge is 2.39. The summed E-state index contributed by atoms with van der Waals surface area (Å²) in [7, 11) is -3.70. The van der Waals surface area contributed by atoms with Crippen molar-refractivity contribution in [1.82, 2.24) is 0 Å². The van der Waals surface area contributed by atoms with Crippen molar-refractivity contribution in [2.45, 2.75) is 44.0 Å². The number of benzene rings is 3. The molecule has 3 aromatic rings. The fourth-order valence-corrected chi connectivity index (χ4v) is 5.83. The summed E-state index contributed by atoms with van der Waals surface area (Å²) in [6, 6.07) is 22.9. The topological polar surface area (TPSA) is 37.4 Å². The van der Waals surface area contributed by atoms with Crippen LogP contribution < -0.4 is 4.31 Å².